The lowest BCUT2D eigenvalue weighted by atomic mass is 10.1. The van der Waals surface area contributed by atoms with Crippen LogP contribution in [0.4, 0.5) is 0 Å². The van der Waals surface area contributed by atoms with Crippen LogP contribution >= 0.6 is 0 Å². The van der Waals surface area contributed by atoms with E-state index in [-0.39, 0.29) is 24.5 Å². The van der Waals surface area contributed by atoms with Gasteiger partial charge in [0.1, 0.15) is 5.65 Å². The van der Waals surface area contributed by atoms with Gasteiger partial charge in [0.05, 0.1) is 18.3 Å². The minimum Gasteiger partial charge on any atom is -0.437 e. The maximum absolute atomic E-state index is 13.0. The van der Waals surface area contributed by atoms with Crippen LogP contribution in [0.5, 0.6) is 0 Å². The normalized spacial score (nSPS) is 19.8. The molecule has 148 valence electrons. The van der Waals surface area contributed by atoms with Gasteiger partial charge in [0.25, 0.3) is 0 Å². The topological polar surface area (TPSA) is 85.5 Å². The number of pyridine rings is 1. The molecule has 0 aliphatic carbocycles. The van der Waals surface area contributed by atoms with Gasteiger partial charge in [-0.1, -0.05) is 0 Å². The van der Waals surface area contributed by atoms with Crippen molar-refractivity contribution in [2.45, 2.75) is 38.8 Å². The number of aromatic amines is 1. The quantitative estimate of drug-likeness (QED) is 0.746. The molecular weight excluding hydrogens is 358 g/mol. The van der Waals surface area contributed by atoms with Crippen LogP contribution in [0, 0.1) is 0 Å². The second-order valence-electron chi connectivity index (χ2n) is 7.28. The van der Waals surface area contributed by atoms with E-state index in [9.17, 15) is 4.79 Å². The number of carbonyl (C=O) groups excluding carboxylic acids is 1. The van der Waals surface area contributed by atoms with Gasteiger partial charge in [0.2, 0.25) is 11.7 Å². The van der Waals surface area contributed by atoms with Crippen LogP contribution in [0.15, 0.2) is 41.7 Å². The molecule has 2 aliphatic rings. The van der Waals surface area contributed by atoms with Crippen molar-refractivity contribution in [3.63, 3.8) is 0 Å². The van der Waals surface area contributed by atoms with Crippen LogP contribution in [0.3, 0.4) is 0 Å². The molecule has 0 aromatic carbocycles. The lowest BCUT2D eigenvalue weighted by Gasteiger charge is -2.24. The van der Waals surface area contributed by atoms with Gasteiger partial charge in [0, 0.05) is 42.6 Å². The molecule has 2 aromatic rings. The van der Waals surface area contributed by atoms with Crippen molar-refractivity contribution in [1.82, 2.24) is 15.3 Å². The number of hydrogen-bond donors (Lipinski definition) is 2. The molecule has 2 aromatic heterocycles. The van der Waals surface area contributed by atoms with Crippen molar-refractivity contribution in [1.29, 1.82) is 0 Å². The zero-order valence-corrected chi connectivity index (χ0v) is 16.2. The van der Waals surface area contributed by atoms with Crippen molar-refractivity contribution in [2.24, 2.45) is 0 Å². The second kappa shape index (κ2) is 8.16. The minimum absolute atomic E-state index is 0.0253. The number of aromatic nitrogens is 2. The van der Waals surface area contributed by atoms with Gasteiger partial charge in [-0.25, -0.2) is 4.98 Å². The summed E-state index contributed by atoms with van der Waals surface area (Å²) in [6.07, 6.45) is 7.11. The fourth-order valence-electron chi connectivity index (χ4n) is 3.33. The Balaban J connectivity index is 1.59. The number of rotatable bonds is 6. The fourth-order valence-corrected chi connectivity index (χ4v) is 3.33. The first-order valence-electron chi connectivity index (χ1n) is 9.67. The van der Waals surface area contributed by atoms with Crippen LogP contribution in [-0.4, -0.2) is 47.7 Å². The molecule has 0 spiro atoms. The molecular formula is C21H25N3O4. The second-order valence-corrected chi connectivity index (χ2v) is 7.28. The van der Waals surface area contributed by atoms with Crippen molar-refractivity contribution in [3.8, 4) is 0 Å². The molecule has 28 heavy (non-hydrogen) atoms. The molecule has 0 unspecified atom stereocenters. The molecule has 2 aliphatic heterocycles. The highest BCUT2D eigenvalue weighted by atomic mass is 16.5. The Labute approximate surface area is 163 Å². The highest BCUT2D eigenvalue weighted by molar-refractivity contribution is 6.12. The van der Waals surface area contributed by atoms with Gasteiger partial charge in [-0.2, -0.15) is 0 Å². The van der Waals surface area contributed by atoms with E-state index in [0.29, 0.717) is 30.4 Å². The van der Waals surface area contributed by atoms with E-state index in [1.807, 2.05) is 32.2 Å². The molecule has 2 N–H and O–H groups in total. The zero-order chi connectivity index (χ0) is 19.5. The molecule has 4 heterocycles. The number of carbonyl (C=O) groups is 1. The van der Waals surface area contributed by atoms with Gasteiger partial charge in [0.15, 0.2) is 5.76 Å². The van der Waals surface area contributed by atoms with Crippen molar-refractivity contribution >= 4 is 22.9 Å². The number of Topliss-reactive ketones (excluding diaryl/α,β-unsaturated/α-hetero) is 1. The summed E-state index contributed by atoms with van der Waals surface area (Å²) in [6.45, 7) is 5.53. The van der Waals surface area contributed by atoms with E-state index in [4.69, 9.17) is 14.2 Å². The first-order chi connectivity index (χ1) is 13.6. The Hall–Kier alpha value is -2.64. The lowest BCUT2D eigenvalue weighted by Crippen LogP contribution is -2.35. The smallest absolute Gasteiger partial charge is 0.231 e. The molecule has 7 nitrogen and oxygen atoms in total. The highest BCUT2D eigenvalue weighted by Gasteiger charge is 2.32. The zero-order valence-electron chi connectivity index (χ0n) is 16.2. The predicted molar refractivity (Wildman–Crippen MR) is 105 cm³/mol. The Bertz CT molecular complexity index is 923. The first-order valence-corrected chi connectivity index (χ1v) is 9.67. The molecule has 0 radical (unpaired) electrons. The summed E-state index contributed by atoms with van der Waals surface area (Å²) in [6, 6.07) is 4.05. The van der Waals surface area contributed by atoms with E-state index in [0.717, 1.165) is 29.4 Å². The summed E-state index contributed by atoms with van der Waals surface area (Å²) in [5.74, 6) is 0.650. The summed E-state index contributed by atoms with van der Waals surface area (Å²) in [7, 11) is 0. The fraction of sp³-hybridized carbons (Fsp3) is 0.429. The summed E-state index contributed by atoms with van der Waals surface area (Å²) < 4.78 is 17.1. The van der Waals surface area contributed by atoms with Crippen molar-refractivity contribution < 1.29 is 19.0 Å². The van der Waals surface area contributed by atoms with E-state index < -0.39 is 0 Å². The van der Waals surface area contributed by atoms with E-state index in [2.05, 4.69) is 15.3 Å². The highest BCUT2D eigenvalue weighted by Crippen LogP contribution is 2.28. The standard InChI is InChI=1S/C21H25N3O4/c1-13(2)27-12-17-19(25)18(28-21(17)24-15-5-8-26-9-6-15)10-14-11-23-20-16(14)4-3-7-22-20/h3-4,7,10-11,13,15,24H,5-6,8-9,12H2,1-2H3,(H,22,23)/b18-10-. The molecule has 1 saturated heterocycles. The van der Waals surface area contributed by atoms with Crippen molar-refractivity contribution in [3.05, 3.63) is 47.3 Å². The maximum atomic E-state index is 13.0. The lowest BCUT2D eigenvalue weighted by molar-refractivity contribution is -0.113. The number of fused-ring (bicyclic) bond motifs is 1. The largest absolute Gasteiger partial charge is 0.437 e. The Morgan fingerprint density at radius 2 is 2.21 bits per heavy atom. The maximum Gasteiger partial charge on any atom is 0.231 e. The average Bonchev–Trinajstić information content (AvgIpc) is 3.23. The SMILES string of the molecule is CC(C)OCC1=C(NC2CCOCC2)O/C(=C\c2c[nH]c3ncccc23)C1=O. The summed E-state index contributed by atoms with van der Waals surface area (Å²) in [5.41, 5.74) is 2.17. The van der Waals surface area contributed by atoms with Crippen molar-refractivity contribution in [2.75, 3.05) is 19.8 Å². The molecule has 0 amide bonds. The van der Waals surface area contributed by atoms with Crippen LogP contribution in [0.25, 0.3) is 17.1 Å². The number of H-pyrrole nitrogens is 1. The Morgan fingerprint density at radius 1 is 1.39 bits per heavy atom. The minimum atomic E-state index is -0.145. The van der Waals surface area contributed by atoms with E-state index in [1.54, 1.807) is 12.3 Å². The molecule has 0 saturated carbocycles. The first kappa shape index (κ1) is 18.7. The van der Waals surface area contributed by atoms with Gasteiger partial charge < -0.3 is 24.5 Å². The molecule has 1 fully saturated rings. The third kappa shape index (κ3) is 3.95. The third-order valence-corrected chi connectivity index (χ3v) is 4.87. The van der Waals surface area contributed by atoms with Gasteiger partial charge >= 0.3 is 0 Å². The monoisotopic (exact) mass is 383 g/mol. The van der Waals surface area contributed by atoms with E-state index in [1.165, 1.54) is 0 Å². The Morgan fingerprint density at radius 3 is 3.00 bits per heavy atom. The number of ether oxygens (including phenoxy) is 3. The third-order valence-electron chi connectivity index (χ3n) is 4.87. The Kier molecular flexibility index (Phi) is 5.45. The summed E-state index contributed by atoms with van der Waals surface area (Å²) in [4.78, 5) is 20.4. The van der Waals surface area contributed by atoms with Gasteiger partial charge in [-0.15, -0.1) is 0 Å². The van der Waals surface area contributed by atoms with Crippen LogP contribution in [-0.2, 0) is 19.0 Å². The van der Waals surface area contributed by atoms with Crippen LogP contribution in [0.1, 0.15) is 32.3 Å². The number of allylic oxidation sites excluding steroid dienone is 1. The number of nitrogens with zero attached hydrogens (tertiary/aromatic N) is 1. The molecule has 4 rings (SSSR count). The average molecular weight is 383 g/mol. The van der Waals surface area contributed by atoms with Gasteiger partial charge in [-0.3, -0.25) is 4.79 Å². The summed E-state index contributed by atoms with van der Waals surface area (Å²) >= 11 is 0. The number of nitrogens with one attached hydrogen (secondary N) is 2. The van der Waals surface area contributed by atoms with Crippen LogP contribution in [0.2, 0.25) is 0 Å². The van der Waals surface area contributed by atoms with Gasteiger partial charge in [-0.05, 0) is 44.9 Å². The predicted octanol–water partition coefficient (Wildman–Crippen LogP) is 2.91. The number of hydrogen-bond acceptors (Lipinski definition) is 6. The number of ketones is 1. The molecule has 0 bridgehead atoms. The molecule has 7 heteroatoms. The molecule has 0 atom stereocenters. The van der Waals surface area contributed by atoms with Crippen LogP contribution < -0.4 is 5.32 Å². The summed E-state index contributed by atoms with van der Waals surface area (Å²) in [5, 5.41) is 4.33. The van der Waals surface area contributed by atoms with E-state index >= 15 is 0 Å².